The van der Waals surface area contributed by atoms with Gasteiger partial charge in [-0.05, 0) is 43.6 Å². The van der Waals surface area contributed by atoms with Gasteiger partial charge in [0.05, 0.1) is 0 Å². The van der Waals surface area contributed by atoms with Gasteiger partial charge in [-0.15, -0.1) is 24.0 Å². The third-order valence-corrected chi connectivity index (χ3v) is 5.40. The van der Waals surface area contributed by atoms with Crippen LogP contribution < -0.4 is 10.6 Å². The molecule has 1 aromatic heterocycles. The van der Waals surface area contributed by atoms with Crippen LogP contribution in [0.4, 0.5) is 0 Å². The van der Waals surface area contributed by atoms with Crippen molar-refractivity contribution in [1.29, 1.82) is 0 Å². The first-order valence-corrected chi connectivity index (χ1v) is 10.1. The fourth-order valence-corrected chi connectivity index (χ4v) is 3.62. The molecule has 0 spiro atoms. The van der Waals surface area contributed by atoms with Gasteiger partial charge in [-0.3, -0.25) is 0 Å². The minimum absolute atomic E-state index is 0. The highest BCUT2D eigenvalue weighted by Crippen LogP contribution is 2.34. The van der Waals surface area contributed by atoms with E-state index in [4.69, 9.17) is 4.99 Å². The van der Waals surface area contributed by atoms with Crippen LogP contribution in [0.5, 0.6) is 0 Å². The molecule has 0 saturated heterocycles. The Morgan fingerprint density at radius 3 is 2.61 bits per heavy atom. The number of benzene rings is 1. The van der Waals surface area contributed by atoms with Crippen molar-refractivity contribution in [3.8, 4) is 0 Å². The zero-order valence-corrected chi connectivity index (χ0v) is 19.6. The molecule has 1 aromatic carbocycles. The number of guanidine groups is 1. The number of imidazole rings is 1. The van der Waals surface area contributed by atoms with Crippen molar-refractivity contribution in [3.63, 3.8) is 0 Å². The largest absolute Gasteiger partial charge is 0.357 e. The normalized spacial score (nSPS) is 17.0. The number of aliphatic imine (C=N–C) groups is 1. The molecule has 1 fully saturated rings. The maximum atomic E-state index is 4.80. The number of nitrogens with one attached hydrogen (secondary N) is 2. The molecule has 0 amide bonds. The van der Waals surface area contributed by atoms with Gasteiger partial charge in [0, 0.05) is 31.5 Å². The smallest absolute Gasteiger partial charge is 0.191 e. The van der Waals surface area contributed by atoms with E-state index in [0.29, 0.717) is 18.0 Å². The Morgan fingerprint density at radius 2 is 1.93 bits per heavy atom. The number of aromatic nitrogens is 2. The van der Waals surface area contributed by atoms with E-state index in [1.54, 1.807) is 0 Å². The second-order valence-corrected chi connectivity index (χ2v) is 8.23. The Labute approximate surface area is 186 Å². The zero-order valence-electron chi connectivity index (χ0n) is 17.3. The van der Waals surface area contributed by atoms with Crippen molar-refractivity contribution in [3.05, 3.63) is 54.1 Å². The predicted octanol–water partition coefficient (Wildman–Crippen LogP) is 4.57. The molecule has 28 heavy (non-hydrogen) atoms. The van der Waals surface area contributed by atoms with Crippen molar-refractivity contribution in [1.82, 2.24) is 20.2 Å². The molecule has 1 aliphatic carbocycles. The van der Waals surface area contributed by atoms with Gasteiger partial charge in [-0.1, -0.05) is 44.2 Å². The molecule has 3 rings (SSSR count). The topological polar surface area (TPSA) is 54.2 Å². The van der Waals surface area contributed by atoms with Crippen molar-refractivity contribution in [2.24, 2.45) is 10.4 Å². The van der Waals surface area contributed by atoms with E-state index in [1.807, 2.05) is 18.5 Å². The third-order valence-electron chi connectivity index (χ3n) is 5.40. The molecular formula is C22H34IN5. The summed E-state index contributed by atoms with van der Waals surface area (Å²) in [6.07, 6.45) is 8.84. The third kappa shape index (κ3) is 6.79. The van der Waals surface area contributed by atoms with Gasteiger partial charge in [-0.2, -0.15) is 0 Å². The molecule has 0 radical (unpaired) electrons. The monoisotopic (exact) mass is 495 g/mol. The first-order chi connectivity index (χ1) is 13.1. The molecular weight excluding hydrogens is 461 g/mol. The molecule has 0 aliphatic heterocycles. The maximum absolute atomic E-state index is 4.80. The first kappa shape index (κ1) is 22.7. The molecule has 2 aromatic rings. The summed E-state index contributed by atoms with van der Waals surface area (Å²) >= 11 is 0. The van der Waals surface area contributed by atoms with Crippen LogP contribution in [0.1, 0.15) is 57.8 Å². The summed E-state index contributed by atoms with van der Waals surface area (Å²) in [7, 11) is 0. The van der Waals surface area contributed by atoms with E-state index in [0.717, 1.165) is 24.9 Å². The number of halogens is 1. The fourth-order valence-electron chi connectivity index (χ4n) is 3.62. The summed E-state index contributed by atoms with van der Waals surface area (Å²) in [5.41, 5.74) is 1.76. The Morgan fingerprint density at radius 1 is 1.21 bits per heavy atom. The average molecular weight is 495 g/mol. The van der Waals surface area contributed by atoms with Crippen LogP contribution in [0.15, 0.2) is 47.7 Å². The van der Waals surface area contributed by atoms with Gasteiger partial charge in [0.2, 0.25) is 0 Å². The Hall–Kier alpha value is -1.57. The van der Waals surface area contributed by atoms with Gasteiger partial charge < -0.3 is 15.2 Å². The molecule has 0 bridgehead atoms. The van der Waals surface area contributed by atoms with Crippen molar-refractivity contribution < 1.29 is 0 Å². The lowest BCUT2D eigenvalue weighted by Crippen LogP contribution is -2.45. The van der Waals surface area contributed by atoms with E-state index in [9.17, 15) is 0 Å². The molecule has 154 valence electrons. The number of hydrogen-bond acceptors (Lipinski definition) is 2. The summed E-state index contributed by atoms with van der Waals surface area (Å²) in [4.78, 5) is 9.31. The molecule has 1 heterocycles. The van der Waals surface area contributed by atoms with E-state index < -0.39 is 0 Å². The predicted molar refractivity (Wildman–Crippen MR) is 127 cm³/mol. The van der Waals surface area contributed by atoms with Crippen LogP contribution in [0.2, 0.25) is 0 Å². The van der Waals surface area contributed by atoms with E-state index in [1.165, 1.54) is 31.2 Å². The highest BCUT2D eigenvalue weighted by molar-refractivity contribution is 14.0. The molecule has 5 nitrogen and oxygen atoms in total. The number of nitrogens with zero attached hydrogens (tertiary/aromatic N) is 3. The van der Waals surface area contributed by atoms with Gasteiger partial charge in [-0.25, -0.2) is 9.98 Å². The molecule has 1 saturated carbocycles. The molecule has 0 unspecified atom stereocenters. The summed E-state index contributed by atoms with van der Waals surface area (Å²) in [6.45, 7) is 9.12. The van der Waals surface area contributed by atoms with Crippen LogP contribution in [0, 0.1) is 5.41 Å². The summed E-state index contributed by atoms with van der Waals surface area (Å²) in [5.74, 6) is 1.89. The van der Waals surface area contributed by atoms with Gasteiger partial charge in [0.15, 0.2) is 5.96 Å². The van der Waals surface area contributed by atoms with Crippen molar-refractivity contribution in [2.45, 2.75) is 65.6 Å². The van der Waals surface area contributed by atoms with Crippen LogP contribution in [-0.2, 0) is 13.1 Å². The molecule has 6 heteroatoms. The Kier molecular flexibility index (Phi) is 8.79. The van der Waals surface area contributed by atoms with E-state index in [-0.39, 0.29) is 24.0 Å². The van der Waals surface area contributed by atoms with E-state index >= 15 is 0 Å². The SMILES string of the molecule is CCNC(=NCc1nccn1Cc1ccccc1)NC1CCC(C)(C)CC1.I. The van der Waals surface area contributed by atoms with Crippen LogP contribution >= 0.6 is 24.0 Å². The molecule has 0 atom stereocenters. The number of hydrogen-bond donors (Lipinski definition) is 2. The van der Waals surface area contributed by atoms with Gasteiger partial charge >= 0.3 is 0 Å². The lowest BCUT2D eigenvalue weighted by atomic mass is 9.75. The second kappa shape index (κ2) is 10.8. The Bertz CT molecular complexity index is 728. The first-order valence-electron chi connectivity index (χ1n) is 10.1. The highest BCUT2D eigenvalue weighted by atomic mass is 127. The minimum Gasteiger partial charge on any atom is -0.357 e. The number of rotatable bonds is 6. The van der Waals surface area contributed by atoms with Crippen LogP contribution in [0.25, 0.3) is 0 Å². The molecule has 1 aliphatic rings. The fraction of sp³-hybridized carbons (Fsp3) is 0.545. The zero-order chi connectivity index (χ0) is 19.1. The van der Waals surface area contributed by atoms with Crippen molar-refractivity contribution in [2.75, 3.05) is 6.54 Å². The summed E-state index contributed by atoms with van der Waals surface area (Å²) in [5, 5.41) is 7.01. The van der Waals surface area contributed by atoms with Crippen LogP contribution in [0.3, 0.4) is 0 Å². The molecule has 2 N–H and O–H groups in total. The average Bonchev–Trinajstić information content (AvgIpc) is 3.09. The standard InChI is InChI=1S/C22H33N5.HI/c1-4-23-21(26-19-10-12-22(2,3)13-11-19)25-16-20-24-14-15-27(20)17-18-8-6-5-7-9-18;/h5-9,14-15,19H,4,10-13,16-17H2,1-3H3,(H2,23,25,26);1H. The summed E-state index contributed by atoms with van der Waals surface area (Å²) in [6, 6.07) is 11.0. The van der Waals surface area contributed by atoms with E-state index in [2.05, 4.69) is 65.2 Å². The summed E-state index contributed by atoms with van der Waals surface area (Å²) < 4.78 is 2.17. The Balaban J connectivity index is 0.00000280. The quantitative estimate of drug-likeness (QED) is 0.351. The highest BCUT2D eigenvalue weighted by Gasteiger charge is 2.27. The van der Waals surface area contributed by atoms with Crippen molar-refractivity contribution >= 4 is 29.9 Å². The van der Waals surface area contributed by atoms with Crippen LogP contribution in [-0.4, -0.2) is 28.1 Å². The lowest BCUT2D eigenvalue weighted by Gasteiger charge is -2.35. The van der Waals surface area contributed by atoms with Gasteiger partial charge in [0.1, 0.15) is 12.4 Å². The second-order valence-electron chi connectivity index (χ2n) is 8.23. The maximum Gasteiger partial charge on any atom is 0.191 e. The lowest BCUT2D eigenvalue weighted by molar-refractivity contribution is 0.216. The van der Waals surface area contributed by atoms with Gasteiger partial charge in [0.25, 0.3) is 0 Å². The minimum atomic E-state index is 0.